The van der Waals surface area contributed by atoms with Crippen LogP contribution in [-0.2, 0) is 32.5 Å². The lowest BCUT2D eigenvalue weighted by molar-refractivity contribution is 0.332. The van der Waals surface area contributed by atoms with Crippen LogP contribution in [0, 0.1) is 0 Å². The molecular formula is C74H81BN2. The van der Waals surface area contributed by atoms with E-state index >= 15 is 0 Å². The molecule has 2 heterocycles. The van der Waals surface area contributed by atoms with E-state index in [9.17, 15) is 0 Å². The second-order valence-electron chi connectivity index (χ2n) is 28.1. The highest BCUT2D eigenvalue weighted by molar-refractivity contribution is 7.00. The minimum atomic E-state index is -0.255. The number of hydrogen-bond donors (Lipinski definition) is 0. The van der Waals surface area contributed by atoms with Gasteiger partial charge in [-0.15, -0.1) is 0 Å². The van der Waals surface area contributed by atoms with Gasteiger partial charge in [-0.25, -0.2) is 0 Å². The number of nitrogens with zero attached hydrogens (tertiary/aromatic N) is 2. The SMILES string of the molecule is CC(C)c1cc2c3c(c1)N(c1ccc(C(C)(C)C)cc1-c1ccccc1-c1ccccc1)c1ccc(C(C)(C)c4ccccc4)cc1B3c1cc3c(cc1N2c1ccc2c(c1)C(C)(C)CCC2(C)C)C(C)(C)CCC3(C)C. The van der Waals surface area contributed by atoms with E-state index in [2.05, 4.69) is 277 Å². The second kappa shape index (κ2) is 17.7. The lowest BCUT2D eigenvalue weighted by atomic mass is 9.32. The van der Waals surface area contributed by atoms with Gasteiger partial charge in [-0.3, -0.25) is 0 Å². The summed E-state index contributed by atoms with van der Waals surface area (Å²) >= 11 is 0. The Bertz CT molecular complexity index is 3640. The predicted molar refractivity (Wildman–Crippen MR) is 333 cm³/mol. The van der Waals surface area contributed by atoms with Crippen molar-refractivity contribution in [2.45, 2.75) is 168 Å². The van der Waals surface area contributed by atoms with Crippen LogP contribution in [0.2, 0.25) is 0 Å². The summed E-state index contributed by atoms with van der Waals surface area (Å²) in [5, 5.41) is 0. The highest BCUT2D eigenvalue weighted by Gasteiger charge is 2.48. The normalized spacial score (nSPS) is 17.5. The summed E-state index contributed by atoms with van der Waals surface area (Å²) in [5.41, 5.74) is 27.9. The summed E-state index contributed by atoms with van der Waals surface area (Å²) in [5.74, 6) is 0.281. The molecule has 0 aromatic heterocycles. The average Bonchev–Trinajstić information content (AvgIpc) is 3.40. The molecular weight excluding hydrogens is 928 g/mol. The van der Waals surface area contributed by atoms with Crippen molar-refractivity contribution < 1.29 is 0 Å². The van der Waals surface area contributed by atoms with Crippen LogP contribution in [-0.4, -0.2) is 6.71 Å². The van der Waals surface area contributed by atoms with Gasteiger partial charge in [0.1, 0.15) is 0 Å². The van der Waals surface area contributed by atoms with E-state index < -0.39 is 0 Å². The molecule has 12 rings (SSSR count). The molecule has 8 aromatic rings. The van der Waals surface area contributed by atoms with Crippen LogP contribution in [0.4, 0.5) is 34.1 Å². The van der Waals surface area contributed by atoms with E-state index in [1.807, 2.05) is 0 Å². The average molecular weight is 1010 g/mol. The molecule has 0 amide bonds. The van der Waals surface area contributed by atoms with E-state index in [1.165, 1.54) is 130 Å². The van der Waals surface area contributed by atoms with Crippen molar-refractivity contribution >= 4 is 57.2 Å². The molecule has 2 nitrogen and oxygen atoms in total. The molecule has 0 atom stereocenters. The Labute approximate surface area is 463 Å². The maximum atomic E-state index is 2.74. The molecule has 0 spiro atoms. The molecule has 2 aliphatic heterocycles. The van der Waals surface area contributed by atoms with Gasteiger partial charge in [0.15, 0.2) is 0 Å². The van der Waals surface area contributed by atoms with Crippen molar-refractivity contribution in [2.24, 2.45) is 0 Å². The van der Waals surface area contributed by atoms with Crippen molar-refractivity contribution in [3.63, 3.8) is 0 Å². The fraction of sp³-hybridized carbons (Fsp3) is 0.351. The standard InChI is InChI=1S/C74H81BN2/c1-47(2)49-40-66-68-67(41-49)77(63-34-30-51(69(3,4)5)42-56(63)55-29-23-22-28-54(55)48-24-18-16-19-25-48)64-35-31-52(74(14,15)50-26-20-17-21-27-50)43-61(64)75(68)62-45-59-60(73(12,13)39-38-72(59,10)11)46-65(62)76(66)53-32-33-57-58(44-53)71(8,9)37-36-70(57,6)7/h16-35,40-47H,36-39H2,1-15H3. The number of hydrogen-bond acceptors (Lipinski definition) is 2. The molecule has 0 unspecified atom stereocenters. The lowest BCUT2D eigenvalue weighted by Gasteiger charge is -2.48. The molecule has 0 N–H and O–H groups in total. The van der Waals surface area contributed by atoms with Gasteiger partial charge < -0.3 is 9.80 Å². The van der Waals surface area contributed by atoms with E-state index in [4.69, 9.17) is 0 Å². The Morgan fingerprint density at radius 3 is 1.55 bits per heavy atom. The lowest BCUT2D eigenvalue weighted by Crippen LogP contribution is -2.62. The topological polar surface area (TPSA) is 6.48 Å². The number of anilines is 6. The Balaban J connectivity index is 1.23. The van der Waals surface area contributed by atoms with E-state index in [1.54, 1.807) is 0 Å². The number of fused-ring (bicyclic) bond motifs is 6. The third-order valence-corrected chi connectivity index (χ3v) is 19.4. The van der Waals surface area contributed by atoms with Crippen LogP contribution >= 0.6 is 0 Å². The summed E-state index contributed by atoms with van der Waals surface area (Å²) in [6, 6.07) is 64.4. The first-order valence-corrected chi connectivity index (χ1v) is 29.0. The molecule has 77 heavy (non-hydrogen) atoms. The van der Waals surface area contributed by atoms with Crippen molar-refractivity contribution in [1.82, 2.24) is 0 Å². The summed E-state index contributed by atoms with van der Waals surface area (Å²) in [4.78, 5) is 5.44. The van der Waals surface area contributed by atoms with Gasteiger partial charge in [0.25, 0.3) is 6.71 Å². The first-order chi connectivity index (χ1) is 36.4. The Kier molecular flexibility index (Phi) is 11.8. The molecule has 0 fully saturated rings. The van der Waals surface area contributed by atoms with Gasteiger partial charge >= 0.3 is 0 Å². The van der Waals surface area contributed by atoms with Crippen LogP contribution in [0.25, 0.3) is 22.3 Å². The molecule has 0 radical (unpaired) electrons. The van der Waals surface area contributed by atoms with Gasteiger partial charge in [-0.05, 0) is 185 Å². The highest BCUT2D eigenvalue weighted by Crippen LogP contribution is 2.54. The van der Waals surface area contributed by atoms with Crippen LogP contribution in [0.1, 0.15) is 180 Å². The van der Waals surface area contributed by atoms with Crippen molar-refractivity contribution in [2.75, 3.05) is 9.80 Å². The van der Waals surface area contributed by atoms with Crippen molar-refractivity contribution in [3.8, 4) is 22.3 Å². The zero-order valence-corrected chi connectivity index (χ0v) is 49.0. The molecule has 3 heteroatoms. The first-order valence-electron chi connectivity index (χ1n) is 29.0. The molecule has 2 aliphatic carbocycles. The number of benzene rings is 8. The van der Waals surface area contributed by atoms with E-state index in [0.717, 1.165) is 12.8 Å². The van der Waals surface area contributed by atoms with Crippen molar-refractivity contribution in [1.29, 1.82) is 0 Å². The zero-order chi connectivity index (χ0) is 54.4. The molecule has 4 aliphatic rings. The minimum Gasteiger partial charge on any atom is -0.311 e. The molecule has 390 valence electrons. The maximum Gasteiger partial charge on any atom is 0.252 e. The number of rotatable bonds is 7. The smallest absolute Gasteiger partial charge is 0.252 e. The fourth-order valence-corrected chi connectivity index (χ4v) is 14.1. The largest absolute Gasteiger partial charge is 0.311 e. The zero-order valence-electron chi connectivity index (χ0n) is 49.0. The van der Waals surface area contributed by atoms with Crippen LogP contribution in [0.15, 0.2) is 164 Å². The second-order valence-corrected chi connectivity index (χ2v) is 28.1. The van der Waals surface area contributed by atoms with E-state index in [0.29, 0.717) is 0 Å². The van der Waals surface area contributed by atoms with Crippen LogP contribution in [0.3, 0.4) is 0 Å². The molecule has 0 saturated heterocycles. The van der Waals surface area contributed by atoms with Gasteiger partial charge in [-0.1, -0.05) is 219 Å². The third kappa shape index (κ3) is 8.26. The predicted octanol–water partition coefficient (Wildman–Crippen LogP) is 18.5. The Morgan fingerprint density at radius 1 is 0.403 bits per heavy atom. The maximum absolute atomic E-state index is 2.74. The van der Waals surface area contributed by atoms with Gasteiger partial charge in [0.2, 0.25) is 0 Å². The van der Waals surface area contributed by atoms with Crippen molar-refractivity contribution in [3.05, 3.63) is 208 Å². The van der Waals surface area contributed by atoms with Gasteiger partial charge in [-0.2, -0.15) is 0 Å². The summed E-state index contributed by atoms with van der Waals surface area (Å²) < 4.78 is 0. The highest BCUT2D eigenvalue weighted by atomic mass is 15.2. The molecule has 0 saturated carbocycles. The third-order valence-electron chi connectivity index (χ3n) is 19.4. The quantitative estimate of drug-likeness (QED) is 0.147. The fourth-order valence-electron chi connectivity index (χ4n) is 14.1. The van der Waals surface area contributed by atoms with Gasteiger partial charge in [0, 0.05) is 39.4 Å². The van der Waals surface area contributed by atoms with Crippen LogP contribution in [0.5, 0.6) is 0 Å². The molecule has 8 aromatic carbocycles. The summed E-state index contributed by atoms with van der Waals surface area (Å²) in [7, 11) is 0. The monoisotopic (exact) mass is 1010 g/mol. The van der Waals surface area contributed by atoms with Gasteiger partial charge in [0.05, 0.1) is 5.69 Å². The minimum absolute atomic E-state index is 0.0211. The first kappa shape index (κ1) is 51.2. The summed E-state index contributed by atoms with van der Waals surface area (Å²) in [6.07, 6.45) is 4.68. The van der Waals surface area contributed by atoms with E-state index in [-0.39, 0.29) is 45.1 Å². The Morgan fingerprint density at radius 2 is 0.922 bits per heavy atom. The van der Waals surface area contributed by atoms with Crippen LogP contribution < -0.4 is 26.2 Å². The molecule has 0 bridgehead atoms. The summed E-state index contributed by atoms with van der Waals surface area (Å²) in [6.45, 7) is 36.5. The Hall–Kier alpha value is -6.58.